The number of aliphatic hydroxyl groups is 4. The van der Waals surface area contributed by atoms with E-state index in [1.54, 1.807) is 13.0 Å². The normalized spacial score (nSPS) is 15.7. The highest BCUT2D eigenvalue weighted by atomic mass is 16.4. The number of hydrogen-bond acceptors (Lipinski definition) is 9. The van der Waals surface area contributed by atoms with Crippen molar-refractivity contribution < 1.29 is 20.4 Å². The Kier molecular flexibility index (Phi) is 7.51. The first-order valence-electron chi connectivity index (χ1n) is 8.96. The molecule has 0 unspecified atom stereocenters. The molecule has 3 atom stereocenters. The van der Waals surface area contributed by atoms with Gasteiger partial charge in [-0.3, -0.25) is 4.79 Å². The van der Waals surface area contributed by atoms with Gasteiger partial charge in [-0.05, 0) is 44.0 Å². The third kappa shape index (κ3) is 5.01. The van der Waals surface area contributed by atoms with Crippen molar-refractivity contribution >= 4 is 16.7 Å². The van der Waals surface area contributed by atoms with E-state index >= 15 is 0 Å². The number of aromatic nitrogens is 2. The number of benzene rings is 1. The Morgan fingerprint density at radius 2 is 1.86 bits per heavy atom. The summed E-state index contributed by atoms with van der Waals surface area (Å²) in [6, 6.07) is 3.57. The van der Waals surface area contributed by atoms with Gasteiger partial charge in [-0.1, -0.05) is 5.22 Å². The summed E-state index contributed by atoms with van der Waals surface area (Å²) in [5.74, 6) is 0. The highest BCUT2D eigenvalue weighted by molar-refractivity contribution is 5.98. The van der Waals surface area contributed by atoms with Crippen molar-refractivity contribution in [1.82, 2.24) is 15.1 Å². The molecule has 0 saturated heterocycles. The number of nitrogens with zero attached hydrogens (tertiary/aromatic N) is 5. The molecule has 29 heavy (non-hydrogen) atoms. The van der Waals surface area contributed by atoms with Crippen LogP contribution in [0.2, 0.25) is 0 Å². The second kappa shape index (κ2) is 9.65. The van der Waals surface area contributed by atoms with E-state index in [2.05, 4.69) is 26.0 Å². The van der Waals surface area contributed by atoms with E-state index in [0.717, 1.165) is 11.1 Å². The summed E-state index contributed by atoms with van der Waals surface area (Å²) in [5, 5.41) is 49.8. The molecule has 11 nitrogen and oxygen atoms in total. The van der Waals surface area contributed by atoms with Crippen molar-refractivity contribution in [3.63, 3.8) is 0 Å². The number of aliphatic hydroxyl groups excluding tert-OH is 4. The highest BCUT2D eigenvalue weighted by Gasteiger charge is 2.26. The summed E-state index contributed by atoms with van der Waals surface area (Å²) in [5.41, 5.74) is 4.92. The van der Waals surface area contributed by atoms with Crippen LogP contribution in [0.1, 0.15) is 23.7 Å². The number of rotatable bonds is 8. The lowest BCUT2D eigenvalue weighted by Crippen LogP contribution is -2.43. The summed E-state index contributed by atoms with van der Waals surface area (Å²) in [7, 11) is 1.46. The van der Waals surface area contributed by atoms with Gasteiger partial charge in [0.25, 0.3) is 5.56 Å². The number of hydrogen-bond donors (Lipinski definition) is 5. The van der Waals surface area contributed by atoms with Crippen molar-refractivity contribution in [2.45, 2.75) is 45.6 Å². The van der Waals surface area contributed by atoms with Gasteiger partial charge in [-0.2, -0.15) is 15.8 Å². The molecule has 1 aromatic carbocycles. The summed E-state index contributed by atoms with van der Waals surface area (Å²) >= 11 is 0. The molecular formula is C18H26N6O5. The molecule has 0 saturated carbocycles. The van der Waals surface area contributed by atoms with Gasteiger partial charge in [0.1, 0.15) is 18.3 Å². The van der Waals surface area contributed by atoms with Crippen molar-refractivity contribution in [1.29, 1.82) is 0 Å². The zero-order chi connectivity index (χ0) is 21.7. The first-order chi connectivity index (χ1) is 13.7. The van der Waals surface area contributed by atoms with E-state index in [0.29, 0.717) is 11.0 Å². The van der Waals surface area contributed by atoms with Gasteiger partial charge < -0.3 is 25.0 Å². The van der Waals surface area contributed by atoms with Gasteiger partial charge in [0.15, 0.2) is 5.69 Å². The summed E-state index contributed by atoms with van der Waals surface area (Å²) in [4.78, 5) is 17.5. The fourth-order valence-corrected chi connectivity index (χ4v) is 2.77. The fraction of sp³-hybridized carbons (Fsp3) is 0.500. The first-order valence-corrected chi connectivity index (χ1v) is 8.96. The maximum atomic E-state index is 13.1. The van der Waals surface area contributed by atoms with Gasteiger partial charge in [0, 0.05) is 0 Å². The monoisotopic (exact) mass is 406 g/mol. The van der Waals surface area contributed by atoms with Crippen molar-refractivity contribution in [3.8, 4) is 0 Å². The van der Waals surface area contributed by atoms with Gasteiger partial charge in [0.05, 0.1) is 36.9 Å². The zero-order valence-electron chi connectivity index (χ0n) is 16.7. The Morgan fingerprint density at radius 1 is 1.21 bits per heavy atom. The maximum Gasteiger partial charge on any atom is 0.279 e. The molecule has 0 fully saturated rings. The quantitative estimate of drug-likeness (QED) is 0.222. The lowest BCUT2D eigenvalue weighted by atomic mass is 10.1. The van der Waals surface area contributed by atoms with Crippen molar-refractivity contribution in [3.05, 3.63) is 39.3 Å². The standard InChI is InChI=1S/C18H26N6O5/c1-9-5-12-13(6-10(9)2)24(7-14(26)17(28)15(27)8-25)18(29)16(20-12)11(3)21-23-22-19-4/h5-6,14-15,17,25-28H,7-8H2,1-4H3,(H,19,23)/b21-11+/t14-,15+,17-/m0/s1. The number of fused-ring (bicyclic) bond motifs is 1. The summed E-state index contributed by atoms with van der Waals surface area (Å²) in [6.07, 6.45) is -4.67. The van der Waals surface area contributed by atoms with Gasteiger partial charge >= 0.3 is 0 Å². The lowest BCUT2D eigenvalue weighted by molar-refractivity contribution is -0.0805. The highest BCUT2D eigenvalue weighted by Crippen LogP contribution is 2.18. The predicted molar refractivity (Wildman–Crippen MR) is 107 cm³/mol. The molecule has 0 radical (unpaired) electrons. The molecule has 2 aromatic rings. The third-order valence-corrected chi connectivity index (χ3v) is 4.61. The molecule has 5 N–H and O–H groups in total. The Balaban J connectivity index is 2.64. The second-order valence-corrected chi connectivity index (χ2v) is 6.71. The molecule has 0 spiro atoms. The van der Waals surface area contributed by atoms with E-state index in [1.165, 1.54) is 11.6 Å². The van der Waals surface area contributed by atoms with Crippen LogP contribution in [0, 0.1) is 13.8 Å². The largest absolute Gasteiger partial charge is 0.394 e. The molecule has 0 aliphatic carbocycles. The lowest BCUT2D eigenvalue weighted by Gasteiger charge is -2.23. The molecule has 2 rings (SSSR count). The van der Waals surface area contributed by atoms with E-state index in [-0.39, 0.29) is 18.0 Å². The minimum absolute atomic E-state index is 0.0314. The molecule has 0 aliphatic rings. The molecule has 0 amide bonds. The van der Waals surface area contributed by atoms with Crippen LogP contribution < -0.4 is 11.1 Å². The van der Waals surface area contributed by atoms with Crippen LogP contribution in [0.3, 0.4) is 0 Å². The average Bonchev–Trinajstić information content (AvgIpc) is 2.70. The van der Waals surface area contributed by atoms with Crippen LogP contribution in [-0.2, 0) is 6.54 Å². The summed E-state index contributed by atoms with van der Waals surface area (Å²) in [6.45, 7) is 4.31. The summed E-state index contributed by atoms with van der Waals surface area (Å²) < 4.78 is 1.27. The Hall–Kier alpha value is -2.73. The molecule has 1 heterocycles. The topological polar surface area (TPSA) is 165 Å². The number of aryl methyl sites for hydroxylation is 2. The van der Waals surface area contributed by atoms with E-state index in [1.807, 2.05) is 19.9 Å². The minimum Gasteiger partial charge on any atom is -0.394 e. The third-order valence-electron chi connectivity index (χ3n) is 4.61. The maximum absolute atomic E-state index is 13.1. The number of nitrogens with one attached hydrogen (secondary N) is 1. The molecule has 0 aliphatic heterocycles. The second-order valence-electron chi connectivity index (χ2n) is 6.71. The molecular weight excluding hydrogens is 380 g/mol. The van der Waals surface area contributed by atoms with Gasteiger partial charge in [0.2, 0.25) is 0 Å². The minimum atomic E-state index is -1.63. The van der Waals surface area contributed by atoms with Crippen LogP contribution >= 0.6 is 0 Å². The molecule has 1 aromatic heterocycles. The van der Waals surface area contributed by atoms with Gasteiger partial charge in [-0.15, -0.1) is 0 Å². The Morgan fingerprint density at radius 3 is 2.48 bits per heavy atom. The average molecular weight is 406 g/mol. The molecule has 11 heteroatoms. The zero-order valence-corrected chi connectivity index (χ0v) is 16.7. The van der Waals surface area contributed by atoms with Crippen LogP contribution in [0.25, 0.3) is 11.0 Å². The fourth-order valence-electron chi connectivity index (χ4n) is 2.77. The van der Waals surface area contributed by atoms with E-state index in [4.69, 9.17) is 5.11 Å². The van der Waals surface area contributed by atoms with Crippen molar-refractivity contribution in [2.24, 2.45) is 15.4 Å². The number of hydrazone groups is 1. The SMILES string of the molecule is CN=NN/N=C(\C)c1nc2cc(C)c(C)cc2n(C[C@H](O)[C@H](O)[C@H](O)CO)c1=O. The Labute approximate surface area is 167 Å². The van der Waals surface area contributed by atoms with Crippen LogP contribution in [-0.4, -0.2) is 67.7 Å². The van der Waals surface area contributed by atoms with Crippen LogP contribution in [0.4, 0.5) is 0 Å². The van der Waals surface area contributed by atoms with E-state index < -0.39 is 30.5 Å². The molecule has 158 valence electrons. The van der Waals surface area contributed by atoms with Gasteiger partial charge in [-0.25, -0.2) is 4.98 Å². The first kappa shape index (κ1) is 22.6. The molecule has 0 bridgehead atoms. The van der Waals surface area contributed by atoms with Crippen molar-refractivity contribution in [2.75, 3.05) is 13.7 Å². The van der Waals surface area contributed by atoms with E-state index in [9.17, 15) is 20.1 Å². The van der Waals surface area contributed by atoms with Crippen LogP contribution in [0.5, 0.6) is 0 Å². The Bertz CT molecular complexity index is 987. The van der Waals surface area contributed by atoms with Crippen LogP contribution in [0.15, 0.2) is 32.4 Å². The predicted octanol–water partition coefficient (Wildman–Crippen LogP) is -0.601. The smallest absolute Gasteiger partial charge is 0.279 e.